The van der Waals surface area contributed by atoms with Crippen LogP contribution in [0.4, 0.5) is 5.69 Å². The zero-order chi connectivity index (χ0) is 14.2. The van der Waals surface area contributed by atoms with Crippen molar-refractivity contribution < 1.29 is 19.0 Å². The summed E-state index contributed by atoms with van der Waals surface area (Å²) in [6.07, 6.45) is 3.29. The molecule has 0 aromatic heterocycles. The maximum atomic E-state index is 12.5. The Morgan fingerprint density at radius 3 is 2.76 bits per heavy atom. The van der Waals surface area contributed by atoms with Crippen molar-refractivity contribution in [2.45, 2.75) is 25.7 Å². The normalized spacial score (nSPS) is 20.4. The molecule has 112 valence electrons. The average molecular weight is 289 g/mol. The molecule has 0 spiro atoms. The minimum atomic E-state index is 0.0361. The van der Waals surface area contributed by atoms with Gasteiger partial charge in [0.05, 0.1) is 18.9 Å². The van der Waals surface area contributed by atoms with Crippen LogP contribution in [0.2, 0.25) is 0 Å². The molecule has 0 saturated carbocycles. The lowest BCUT2D eigenvalue weighted by Gasteiger charge is -2.22. The lowest BCUT2D eigenvalue weighted by molar-refractivity contribution is -0.122. The molecular formula is C16H19NO4. The fraction of sp³-hybridized carbons (Fsp3) is 0.562. The van der Waals surface area contributed by atoms with E-state index in [1.54, 1.807) is 0 Å². The van der Waals surface area contributed by atoms with Gasteiger partial charge in [-0.1, -0.05) is 0 Å². The number of ether oxygens (including phenoxy) is 3. The minimum absolute atomic E-state index is 0.0361. The summed E-state index contributed by atoms with van der Waals surface area (Å²) in [7, 11) is 0. The Labute approximate surface area is 123 Å². The Bertz CT molecular complexity index is 546. The van der Waals surface area contributed by atoms with Gasteiger partial charge in [0.2, 0.25) is 5.91 Å². The van der Waals surface area contributed by atoms with Crippen molar-refractivity contribution in [1.29, 1.82) is 0 Å². The van der Waals surface area contributed by atoms with Gasteiger partial charge in [-0.05, 0) is 18.9 Å². The highest BCUT2D eigenvalue weighted by Gasteiger charge is 2.29. The van der Waals surface area contributed by atoms with Crippen molar-refractivity contribution in [1.82, 2.24) is 0 Å². The van der Waals surface area contributed by atoms with E-state index in [0.717, 1.165) is 54.0 Å². The molecule has 0 unspecified atom stereocenters. The van der Waals surface area contributed by atoms with E-state index in [4.69, 9.17) is 14.2 Å². The van der Waals surface area contributed by atoms with Crippen molar-refractivity contribution in [3.8, 4) is 11.5 Å². The Kier molecular flexibility index (Phi) is 3.22. The Hall–Kier alpha value is -1.75. The minimum Gasteiger partial charge on any atom is -0.493 e. The van der Waals surface area contributed by atoms with E-state index in [9.17, 15) is 4.79 Å². The highest BCUT2D eigenvalue weighted by molar-refractivity contribution is 5.96. The molecule has 5 nitrogen and oxygen atoms in total. The topological polar surface area (TPSA) is 56.8 Å². The van der Waals surface area contributed by atoms with Crippen LogP contribution in [0.3, 0.4) is 0 Å². The van der Waals surface area contributed by atoms with Crippen LogP contribution >= 0.6 is 0 Å². The van der Waals surface area contributed by atoms with Gasteiger partial charge in [0.15, 0.2) is 0 Å². The third-order valence-corrected chi connectivity index (χ3v) is 4.49. The number of hydrogen-bond acceptors (Lipinski definition) is 4. The molecule has 1 aromatic carbocycles. The summed E-state index contributed by atoms with van der Waals surface area (Å²) in [4.78, 5) is 12.5. The molecule has 3 aliphatic heterocycles. The summed E-state index contributed by atoms with van der Waals surface area (Å²) in [6.45, 7) is 2.70. The molecule has 1 saturated heterocycles. The number of anilines is 1. The van der Waals surface area contributed by atoms with Gasteiger partial charge in [-0.15, -0.1) is 0 Å². The maximum absolute atomic E-state index is 12.5. The highest BCUT2D eigenvalue weighted by Crippen LogP contribution is 2.44. The zero-order valence-corrected chi connectivity index (χ0v) is 11.9. The summed E-state index contributed by atoms with van der Waals surface area (Å²) in [5.41, 5.74) is 3.06. The van der Waals surface area contributed by atoms with Crippen LogP contribution in [0, 0.1) is 5.92 Å². The molecule has 1 fully saturated rings. The van der Waals surface area contributed by atoms with Crippen LogP contribution in [0.25, 0.3) is 0 Å². The molecule has 3 heterocycles. The van der Waals surface area contributed by atoms with Crippen molar-refractivity contribution in [3.63, 3.8) is 0 Å². The molecular weight excluding hydrogens is 270 g/mol. The molecule has 5 heteroatoms. The van der Waals surface area contributed by atoms with Gasteiger partial charge >= 0.3 is 0 Å². The molecule has 1 amide bonds. The second-order valence-corrected chi connectivity index (χ2v) is 5.79. The fourth-order valence-electron chi connectivity index (χ4n) is 3.30. The molecule has 0 atom stereocenters. The number of fused-ring (bicyclic) bond motifs is 2. The number of benzene rings is 1. The van der Waals surface area contributed by atoms with Gasteiger partial charge in [0, 0.05) is 43.1 Å². The second kappa shape index (κ2) is 5.22. The molecule has 1 aromatic rings. The van der Waals surface area contributed by atoms with Crippen molar-refractivity contribution in [2.75, 3.05) is 31.7 Å². The number of amides is 1. The fourth-order valence-corrected chi connectivity index (χ4v) is 3.30. The lowest BCUT2D eigenvalue weighted by atomic mass is 9.98. The summed E-state index contributed by atoms with van der Waals surface area (Å²) >= 11 is 0. The van der Waals surface area contributed by atoms with Crippen molar-refractivity contribution >= 4 is 11.6 Å². The summed E-state index contributed by atoms with van der Waals surface area (Å²) < 4.78 is 16.7. The molecule has 0 bridgehead atoms. The Morgan fingerprint density at radius 1 is 1.10 bits per heavy atom. The molecule has 0 aliphatic carbocycles. The molecule has 4 rings (SSSR count). The molecule has 0 radical (unpaired) electrons. The van der Waals surface area contributed by atoms with Crippen LogP contribution in [0.15, 0.2) is 6.07 Å². The summed E-state index contributed by atoms with van der Waals surface area (Å²) in [5.74, 6) is 1.87. The van der Waals surface area contributed by atoms with E-state index in [1.165, 1.54) is 0 Å². The van der Waals surface area contributed by atoms with E-state index in [0.29, 0.717) is 26.4 Å². The van der Waals surface area contributed by atoms with Gasteiger partial charge in [-0.25, -0.2) is 0 Å². The average Bonchev–Trinajstić information content (AvgIpc) is 3.16. The smallest absolute Gasteiger partial charge is 0.227 e. The first-order valence-electron chi connectivity index (χ1n) is 7.66. The third-order valence-electron chi connectivity index (χ3n) is 4.49. The van der Waals surface area contributed by atoms with Gasteiger partial charge in [0.1, 0.15) is 11.5 Å². The van der Waals surface area contributed by atoms with Crippen molar-refractivity contribution in [3.05, 3.63) is 17.2 Å². The number of nitrogens with one attached hydrogen (secondary N) is 1. The number of hydrogen-bond donors (Lipinski definition) is 1. The van der Waals surface area contributed by atoms with Gasteiger partial charge in [-0.3, -0.25) is 4.79 Å². The standard InChI is InChI=1S/C16H19NO4/c18-16(10-1-5-19-6-2-10)17-14-12-4-8-20-13(12)9-11-3-7-21-15(11)14/h9-10H,1-8H2,(H,17,18). The number of carbonyl (C=O) groups excluding carboxylic acids is 1. The van der Waals surface area contributed by atoms with E-state index in [1.807, 2.05) is 0 Å². The van der Waals surface area contributed by atoms with Crippen LogP contribution < -0.4 is 14.8 Å². The Balaban J connectivity index is 1.64. The van der Waals surface area contributed by atoms with Gasteiger partial charge in [-0.2, -0.15) is 0 Å². The molecule has 21 heavy (non-hydrogen) atoms. The summed E-state index contributed by atoms with van der Waals surface area (Å²) in [6, 6.07) is 2.06. The van der Waals surface area contributed by atoms with Crippen LogP contribution in [0.5, 0.6) is 11.5 Å². The van der Waals surface area contributed by atoms with Crippen LogP contribution in [-0.4, -0.2) is 32.3 Å². The number of carbonyl (C=O) groups is 1. The number of rotatable bonds is 2. The van der Waals surface area contributed by atoms with Crippen LogP contribution in [0.1, 0.15) is 24.0 Å². The van der Waals surface area contributed by atoms with Crippen LogP contribution in [-0.2, 0) is 22.4 Å². The van der Waals surface area contributed by atoms with Gasteiger partial charge < -0.3 is 19.5 Å². The second-order valence-electron chi connectivity index (χ2n) is 5.79. The van der Waals surface area contributed by atoms with Crippen molar-refractivity contribution in [2.24, 2.45) is 5.92 Å². The zero-order valence-electron chi connectivity index (χ0n) is 11.9. The summed E-state index contributed by atoms with van der Waals surface area (Å²) in [5, 5.41) is 3.11. The first kappa shape index (κ1) is 13.0. The van der Waals surface area contributed by atoms with E-state index < -0.39 is 0 Å². The molecule has 3 aliphatic rings. The largest absolute Gasteiger partial charge is 0.493 e. The highest BCUT2D eigenvalue weighted by atomic mass is 16.5. The third kappa shape index (κ3) is 2.25. The quantitative estimate of drug-likeness (QED) is 0.903. The maximum Gasteiger partial charge on any atom is 0.227 e. The predicted molar refractivity (Wildman–Crippen MR) is 77.0 cm³/mol. The Morgan fingerprint density at radius 2 is 1.90 bits per heavy atom. The SMILES string of the molecule is O=C(Nc1c2c(cc3c1OCC3)OCC2)C1CCOCC1. The first-order chi connectivity index (χ1) is 10.3. The molecule has 1 N–H and O–H groups in total. The van der Waals surface area contributed by atoms with E-state index in [2.05, 4.69) is 11.4 Å². The van der Waals surface area contributed by atoms with E-state index >= 15 is 0 Å². The predicted octanol–water partition coefficient (Wildman–Crippen LogP) is 1.92. The van der Waals surface area contributed by atoms with Gasteiger partial charge in [0.25, 0.3) is 0 Å². The lowest BCUT2D eigenvalue weighted by Crippen LogP contribution is -2.29. The first-order valence-corrected chi connectivity index (χ1v) is 7.66. The monoisotopic (exact) mass is 289 g/mol. The van der Waals surface area contributed by atoms with E-state index in [-0.39, 0.29) is 11.8 Å².